The summed E-state index contributed by atoms with van der Waals surface area (Å²) in [7, 11) is 0. The summed E-state index contributed by atoms with van der Waals surface area (Å²) in [4.78, 5) is 24.4. The number of carbonyl (C=O) groups excluding carboxylic acids is 1. The number of benzene rings is 1. The summed E-state index contributed by atoms with van der Waals surface area (Å²) in [5.41, 5.74) is 8.06. The molecule has 3 rings (SSSR count). The van der Waals surface area contributed by atoms with E-state index in [9.17, 15) is 4.79 Å². The van der Waals surface area contributed by atoms with Crippen LogP contribution < -0.4 is 11.1 Å². The zero-order valence-electron chi connectivity index (χ0n) is 14.7. The van der Waals surface area contributed by atoms with Crippen LogP contribution in [0.3, 0.4) is 0 Å². The first kappa shape index (κ1) is 17.4. The molecule has 8 heteroatoms. The average molecular weight is 353 g/mol. The summed E-state index contributed by atoms with van der Waals surface area (Å²) in [5, 5.41) is 3.05. The molecular weight excluding hydrogens is 334 g/mol. The molecule has 0 radical (unpaired) electrons. The Kier molecular flexibility index (Phi) is 4.83. The van der Waals surface area contributed by atoms with Crippen LogP contribution in [0.25, 0.3) is 0 Å². The van der Waals surface area contributed by atoms with E-state index in [2.05, 4.69) is 20.3 Å². The minimum atomic E-state index is -0.508. The van der Waals surface area contributed by atoms with Crippen LogP contribution in [0.15, 0.2) is 34.7 Å². The number of nitrogens with two attached hydrogens (primary N) is 1. The van der Waals surface area contributed by atoms with Gasteiger partial charge in [-0.2, -0.15) is 15.0 Å². The standard InChI is InChI=1S/C18H19N5O3/c1-10-4-6-13(7-5-10)20-18-22-15(21-17(19)23-18)9-25-16(24)14-8-11(2)26-12(14)3/h4-8H,9H2,1-3H3,(H3,19,20,21,22,23). The van der Waals surface area contributed by atoms with Gasteiger partial charge in [0, 0.05) is 5.69 Å². The predicted molar refractivity (Wildman–Crippen MR) is 96.0 cm³/mol. The number of nitrogens with one attached hydrogen (secondary N) is 1. The topological polar surface area (TPSA) is 116 Å². The molecule has 3 N–H and O–H groups in total. The molecular formula is C18H19N5O3. The lowest BCUT2D eigenvalue weighted by Crippen LogP contribution is -2.11. The Bertz CT molecular complexity index is 934. The van der Waals surface area contributed by atoms with Crippen LogP contribution in [0, 0.1) is 20.8 Å². The van der Waals surface area contributed by atoms with E-state index < -0.39 is 5.97 Å². The lowest BCUT2D eigenvalue weighted by atomic mass is 10.2. The minimum Gasteiger partial charge on any atom is -0.466 e. The second kappa shape index (κ2) is 7.22. The zero-order chi connectivity index (χ0) is 18.7. The smallest absolute Gasteiger partial charge is 0.342 e. The molecule has 0 aliphatic rings. The second-order valence-electron chi connectivity index (χ2n) is 5.83. The lowest BCUT2D eigenvalue weighted by molar-refractivity contribution is 0.0460. The van der Waals surface area contributed by atoms with Crippen molar-refractivity contribution in [3.8, 4) is 0 Å². The second-order valence-corrected chi connectivity index (χ2v) is 5.83. The number of aryl methyl sites for hydroxylation is 3. The van der Waals surface area contributed by atoms with E-state index >= 15 is 0 Å². The van der Waals surface area contributed by atoms with Crippen LogP contribution in [0.4, 0.5) is 17.6 Å². The molecule has 3 aromatic rings. The van der Waals surface area contributed by atoms with Crippen molar-refractivity contribution in [1.82, 2.24) is 15.0 Å². The van der Waals surface area contributed by atoms with Gasteiger partial charge in [0.2, 0.25) is 11.9 Å². The van der Waals surface area contributed by atoms with Crippen molar-refractivity contribution >= 4 is 23.6 Å². The lowest BCUT2D eigenvalue weighted by Gasteiger charge is -2.08. The van der Waals surface area contributed by atoms with E-state index in [1.165, 1.54) is 0 Å². The van der Waals surface area contributed by atoms with Gasteiger partial charge in [-0.05, 0) is 39.0 Å². The SMILES string of the molecule is Cc1ccc(Nc2nc(N)nc(COC(=O)c3cc(C)oc3C)n2)cc1. The van der Waals surface area contributed by atoms with Crippen LogP contribution in [-0.2, 0) is 11.3 Å². The Morgan fingerprint density at radius 2 is 1.88 bits per heavy atom. The number of hydrogen-bond acceptors (Lipinski definition) is 8. The van der Waals surface area contributed by atoms with E-state index in [0.717, 1.165) is 11.3 Å². The van der Waals surface area contributed by atoms with Gasteiger partial charge in [0.15, 0.2) is 12.4 Å². The monoisotopic (exact) mass is 353 g/mol. The molecule has 0 spiro atoms. The first-order valence-corrected chi connectivity index (χ1v) is 7.99. The number of ether oxygens (including phenoxy) is 1. The zero-order valence-corrected chi connectivity index (χ0v) is 14.7. The molecule has 2 aromatic heterocycles. The third kappa shape index (κ3) is 4.15. The molecule has 2 heterocycles. The highest BCUT2D eigenvalue weighted by Gasteiger charge is 2.16. The summed E-state index contributed by atoms with van der Waals surface area (Å²) in [6, 6.07) is 9.36. The molecule has 0 bridgehead atoms. The first-order valence-electron chi connectivity index (χ1n) is 7.99. The van der Waals surface area contributed by atoms with E-state index in [1.54, 1.807) is 19.9 Å². The Balaban J connectivity index is 1.70. The van der Waals surface area contributed by atoms with E-state index in [1.807, 2.05) is 31.2 Å². The van der Waals surface area contributed by atoms with Gasteiger partial charge in [0.1, 0.15) is 17.1 Å². The van der Waals surface area contributed by atoms with Gasteiger partial charge in [0.25, 0.3) is 0 Å². The first-order chi connectivity index (χ1) is 12.4. The summed E-state index contributed by atoms with van der Waals surface area (Å²) < 4.78 is 10.6. The minimum absolute atomic E-state index is 0.0380. The molecule has 8 nitrogen and oxygen atoms in total. The fourth-order valence-corrected chi connectivity index (χ4v) is 2.37. The highest BCUT2D eigenvalue weighted by Crippen LogP contribution is 2.17. The largest absolute Gasteiger partial charge is 0.466 e. The predicted octanol–water partition coefficient (Wildman–Crippen LogP) is 3.07. The van der Waals surface area contributed by atoms with Crippen LogP contribution in [-0.4, -0.2) is 20.9 Å². The van der Waals surface area contributed by atoms with Crippen LogP contribution in [0.5, 0.6) is 0 Å². The maximum absolute atomic E-state index is 12.1. The molecule has 0 atom stereocenters. The fraction of sp³-hybridized carbons (Fsp3) is 0.222. The van der Waals surface area contributed by atoms with Crippen molar-refractivity contribution in [2.45, 2.75) is 27.4 Å². The highest BCUT2D eigenvalue weighted by molar-refractivity contribution is 5.90. The number of carbonyl (C=O) groups is 1. The van der Waals surface area contributed by atoms with Crippen LogP contribution in [0.2, 0.25) is 0 Å². The molecule has 0 unspecified atom stereocenters. The van der Waals surface area contributed by atoms with Crippen molar-refractivity contribution < 1.29 is 13.9 Å². The molecule has 0 fully saturated rings. The number of hydrogen-bond donors (Lipinski definition) is 2. The molecule has 1 aromatic carbocycles. The molecule has 0 saturated carbocycles. The third-order valence-electron chi connectivity index (χ3n) is 3.60. The van der Waals surface area contributed by atoms with Crippen molar-refractivity contribution in [1.29, 1.82) is 0 Å². The van der Waals surface area contributed by atoms with Gasteiger partial charge in [-0.15, -0.1) is 0 Å². The van der Waals surface area contributed by atoms with Crippen molar-refractivity contribution in [2.75, 3.05) is 11.1 Å². The van der Waals surface area contributed by atoms with Crippen LogP contribution in [0.1, 0.15) is 33.3 Å². The maximum atomic E-state index is 12.1. The number of furan rings is 1. The van der Waals surface area contributed by atoms with Gasteiger partial charge in [-0.3, -0.25) is 0 Å². The highest BCUT2D eigenvalue weighted by atomic mass is 16.5. The normalized spacial score (nSPS) is 10.6. The van der Waals surface area contributed by atoms with Crippen molar-refractivity contribution in [3.63, 3.8) is 0 Å². The molecule has 134 valence electrons. The summed E-state index contributed by atoms with van der Waals surface area (Å²) in [6.45, 7) is 5.34. The van der Waals surface area contributed by atoms with Gasteiger partial charge in [0.05, 0.1) is 0 Å². The van der Waals surface area contributed by atoms with Crippen molar-refractivity contribution in [3.05, 3.63) is 58.8 Å². The number of rotatable bonds is 5. The Morgan fingerprint density at radius 3 is 2.54 bits per heavy atom. The Hall–Kier alpha value is -3.42. The van der Waals surface area contributed by atoms with Gasteiger partial charge >= 0.3 is 5.97 Å². The summed E-state index contributed by atoms with van der Waals surface area (Å²) >= 11 is 0. The fourth-order valence-electron chi connectivity index (χ4n) is 2.37. The van der Waals surface area contributed by atoms with E-state index in [4.69, 9.17) is 14.9 Å². The molecule has 26 heavy (non-hydrogen) atoms. The van der Waals surface area contributed by atoms with Gasteiger partial charge in [-0.1, -0.05) is 17.7 Å². The van der Waals surface area contributed by atoms with E-state index in [0.29, 0.717) is 17.1 Å². The summed E-state index contributed by atoms with van der Waals surface area (Å²) in [6.07, 6.45) is 0. The third-order valence-corrected chi connectivity index (χ3v) is 3.60. The summed E-state index contributed by atoms with van der Waals surface area (Å²) in [5.74, 6) is 1.20. The molecule has 0 saturated heterocycles. The number of nitrogen functional groups attached to an aromatic ring is 1. The van der Waals surface area contributed by atoms with Gasteiger partial charge in [-0.25, -0.2) is 4.79 Å². The molecule has 0 amide bonds. The quantitative estimate of drug-likeness (QED) is 0.672. The Morgan fingerprint density at radius 1 is 1.15 bits per heavy atom. The average Bonchev–Trinajstić information content (AvgIpc) is 2.93. The molecule has 0 aliphatic heterocycles. The number of esters is 1. The van der Waals surface area contributed by atoms with Crippen molar-refractivity contribution in [2.24, 2.45) is 0 Å². The maximum Gasteiger partial charge on any atom is 0.342 e. The number of aromatic nitrogens is 3. The van der Waals surface area contributed by atoms with Gasteiger partial charge < -0.3 is 20.2 Å². The number of anilines is 3. The van der Waals surface area contributed by atoms with E-state index in [-0.39, 0.29) is 24.3 Å². The molecule has 0 aliphatic carbocycles. The Labute approximate surface area is 150 Å². The van der Waals surface area contributed by atoms with Crippen LogP contribution >= 0.6 is 0 Å². The number of nitrogens with zero attached hydrogens (tertiary/aromatic N) is 3.